The van der Waals surface area contributed by atoms with Crippen LogP contribution in [0.5, 0.6) is 0 Å². The minimum atomic E-state index is -0.822. The molecule has 0 radical (unpaired) electrons. The summed E-state index contributed by atoms with van der Waals surface area (Å²) in [7, 11) is -0.822. The van der Waals surface area contributed by atoms with E-state index in [4.69, 9.17) is 9.79 Å². The van der Waals surface area contributed by atoms with Gasteiger partial charge in [0.15, 0.2) is 8.45 Å². The van der Waals surface area contributed by atoms with Gasteiger partial charge in [-0.15, -0.1) is 0 Å². The smallest absolute Gasteiger partial charge is 0.185 e. The second kappa shape index (κ2) is 8.83. The molecule has 1 atom stereocenters. The van der Waals surface area contributed by atoms with Crippen LogP contribution in [0.15, 0.2) is 0 Å². The van der Waals surface area contributed by atoms with E-state index in [1.807, 2.05) is 0 Å². The Bertz CT molecular complexity index is 230. The second-order valence-electron chi connectivity index (χ2n) is 4.87. The highest BCUT2D eigenvalue weighted by molar-refractivity contribution is 7.47. The van der Waals surface area contributed by atoms with Gasteiger partial charge >= 0.3 is 0 Å². The molecule has 0 bridgehead atoms. The summed E-state index contributed by atoms with van der Waals surface area (Å²) in [4.78, 5) is 0. The molecule has 0 rings (SSSR count). The van der Waals surface area contributed by atoms with Crippen LogP contribution in [-0.2, 0) is 4.52 Å². The molecule has 0 aromatic heterocycles. The SMILES string of the molecule is CC(C)NP(OCCC#N)N(C(C)C)C(C)C. The maximum absolute atomic E-state index is 8.56. The van der Waals surface area contributed by atoms with Gasteiger partial charge in [-0.05, 0) is 41.5 Å². The lowest BCUT2D eigenvalue weighted by Crippen LogP contribution is -2.38. The van der Waals surface area contributed by atoms with Crippen molar-refractivity contribution in [3.63, 3.8) is 0 Å². The van der Waals surface area contributed by atoms with Crippen molar-refractivity contribution in [3.05, 3.63) is 0 Å². The second-order valence-corrected chi connectivity index (χ2v) is 6.39. The molecule has 0 heterocycles. The molecule has 0 amide bonds. The lowest BCUT2D eigenvalue weighted by molar-refractivity contribution is 0.248. The van der Waals surface area contributed by atoms with E-state index < -0.39 is 8.45 Å². The lowest BCUT2D eigenvalue weighted by Gasteiger charge is -2.37. The summed E-state index contributed by atoms with van der Waals surface area (Å²) in [5.41, 5.74) is 0. The first-order chi connectivity index (χ1) is 7.90. The first-order valence-corrected chi connectivity index (χ1v) is 7.45. The Labute approximate surface area is 107 Å². The molecule has 0 aliphatic heterocycles. The molecule has 0 saturated heterocycles. The molecule has 1 N–H and O–H groups in total. The van der Waals surface area contributed by atoms with Crippen LogP contribution >= 0.6 is 8.45 Å². The van der Waals surface area contributed by atoms with Crippen LogP contribution in [0.25, 0.3) is 0 Å². The fourth-order valence-electron chi connectivity index (χ4n) is 1.59. The van der Waals surface area contributed by atoms with Crippen molar-refractivity contribution in [3.8, 4) is 6.07 Å². The molecule has 0 fully saturated rings. The zero-order valence-electron chi connectivity index (χ0n) is 11.9. The number of nitriles is 1. The van der Waals surface area contributed by atoms with Gasteiger partial charge in [-0.25, -0.2) is 4.67 Å². The van der Waals surface area contributed by atoms with Gasteiger partial charge in [-0.1, -0.05) is 0 Å². The molecule has 4 nitrogen and oxygen atoms in total. The molecule has 5 heteroatoms. The Morgan fingerprint density at radius 3 is 2.06 bits per heavy atom. The predicted molar refractivity (Wildman–Crippen MR) is 73.5 cm³/mol. The molecule has 0 aliphatic carbocycles. The van der Waals surface area contributed by atoms with Gasteiger partial charge in [0, 0.05) is 18.1 Å². The Morgan fingerprint density at radius 2 is 1.71 bits per heavy atom. The van der Waals surface area contributed by atoms with E-state index in [-0.39, 0.29) is 0 Å². The van der Waals surface area contributed by atoms with E-state index in [2.05, 4.69) is 57.4 Å². The minimum Gasteiger partial charge on any atom is -0.330 e. The summed E-state index contributed by atoms with van der Waals surface area (Å²) in [5, 5.41) is 12.0. The molecular formula is C12H26N3OP. The molecule has 100 valence electrons. The fraction of sp³-hybridized carbons (Fsp3) is 0.917. The van der Waals surface area contributed by atoms with E-state index in [0.717, 1.165) is 0 Å². The zero-order valence-corrected chi connectivity index (χ0v) is 12.8. The van der Waals surface area contributed by atoms with Crippen LogP contribution in [0, 0.1) is 11.3 Å². The number of hydrogen-bond acceptors (Lipinski definition) is 4. The van der Waals surface area contributed by atoms with E-state index in [1.165, 1.54) is 0 Å². The fourth-order valence-corrected chi connectivity index (χ4v) is 3.47. The summed E-state index contributed by atoms with van der Waals surface area (Å²) in [5.74, 6) is 0. The Morgan fingerprint density at radius 1 is 1.18 bits per heavy atom. The number of nitrogens with one attached hydrogen (secondary N) is 1. The number of nitrogens with zero attached hydrogens (tertiary/aromatic N) is 2. The molecular weight excluding hydrogens is 233 g/mol. The maximum atomic E-state index is 8.56. The Balaban J connectivity index is 4.56. The first kappa shape index (κ1) is 16.8. The van der Waals surface area contributed by atoms with Crippen LogP contribution < -0.4 is 5.09 Å². The van der Waals surface area contributed by atoms with Crippen LogP contribution in [0.1, 0.15) is 48.0 Å². The first-order valence-electron chi connectivity index (χ1n) is 6.24. The summed E-state index contributed by atoms with van der Waals surface area (Å²) in [6.45, 7) is 13.4. The van der Waals surface area contributed by atoms with Crippen LogP contribution in [0.3, 0.4) is 0 Å². The number of rotatable bonds is 8. The third-order valence-corrected chi connectivity index (χ3v) is 4.57. The largest absolute Gasteiger partial charge is 0.330 e. The maximum Gasteiger partial charge on any atom is 0.185 e. The summed E-state index contributed by atoms with van der Waals surface area (Å²) >= 11 is 0. The van der Waals surface area contributed by atoms with Gasteiger partial charge in [0.05, 0.1) is 19.1 Å². The highest BCUT2D eigenvalue weighted by Crippen LogP contribution is 2.41. The van der Waals surface area contributed by atoms with Gasteiger partial charge in [0.1, 0.15) is 0 Å². The monoisotopic (exact) mass is 259 g/mol. The minimum absolute atomic E-state index is 0.378. The van der Waals surface area contributed by atoms with E-state index in [9.17, 15) is 0 Å². The molecule has 0 aromatic rings. The highest BCUT2D eigenvalue weighted by Gasteiger charge is 2.25. The summed E-state index contributed by atoms with van der Waals surface area (Å²) < 4.78 is 8.18. The van der Waals surface area contributed by atoms with E-state index in [1.54, 1.807) is 0 Å². The molecule has 17 heavy (non-hydrogen) atoms. The average molecular weight is 259 g/mol. The molecule has 0 aliphatic rings. The molecule has 0 saturated carbocycles. The molecule has 0 spiro atoms. The normalized spacial score (nSPS) is 13.7. The molecule has 1 unspecified atom stereocenters. The van der Waals surface area contributed by atoms with Crippen molar-refractivity contribution in [2.24, 2.45) is 0 Å². The van der Waals surface area contributed by atoms with Gasteiger partial charge in [0.25, 0.3) is 0 Å². The van der Waals surface area contributed by atoms with Gasteiger partial charge in [-0.2, -0.15) is 5.26 Å². The van der Waals surface area contributed by atoms with Crippen LogP contribution in [0.2, 0.25) is 0 Å². The molecule has 0 aromatic carbocycles. The van der Waals surface area contributed by atoms with Crippen molar-refractivity contribution >= 4 is 8.45 Å². The van der Waals surface area contributed by atoms with Gasteiger partial charge in [0.2, 0.25) is 0 Å². The van der Waals surface area contributed by atoms with Crippen molar-refractivity contribution in [1.29, 1.82) is 5.26 Å². The van der Waals surface area contributed by atoms with E-state index in [0.29, 0.717) is 31.2 Å². The standard InChI is InChI=1S/C12H26N3OP/c1-10(2)14-17(16-9-7-8-13)15(11(3)4)12(5)6/h10-12,14H,7,9H2,1-6H3. The number of hydrogen-bond donors (Lipinski definition) is 1. The highest BCUT2D eigenvalue weighted by atomic mass is 31.2. The van der Waals surface area contributed by atoms with Gasteiger partial charge in [-0.3, -0.25) is 5.09 Å². The third kappa shape index (κ3) is 6.95. The van der Waals surface area contributed by atoms with Crippen molar-refractivity contribution in [1.82, 2.24) is 9.76 Å². The zero-order chi connectivity index (χ0) is 13.4. The predicted octanol–water partition coefficient (Wildman–Crippen LogP) is 3.26. The van der Waals surface area contributed by atoms with Crippen molar-refractivity contribution < 1.29 is 4.52 Å². The van der Waals surface area contributed by atoms with Crippen LogP contribution in [-0.4, -0.2) is 29.4 Å². The van der Waals surface area contributed by atoms with Crippen LogP contribution in [0.4, 0.5) is 0 Å². The van der Waals surface area contributed by atoms with Crippen molar-refractivity contribution in [2.75, 3.05) is 6.61 Å². The average Bonchev–Trinajstić information content (AvgIpc) is 2.15. The third-order valence-electron chi connectivity index (χ3n) is 2.06. The summed E-state index contributed by atoms with van der Waals surface area (Å²) in [6, 6.07) is 3.34. The van der Waals surface area contributed by atoms with E-state index >= 15 is 0 Å². The Kier molecular flexibility index (Phi) is 8.72. The topological polar surface area (TPSA) is 48.3 Å². The van der Waals surface area contributed by atoms with Crippen molar-refractivity contribution in [2.45, 2.75) is 66.1 Å². The Hall–Kier alpha value is -0.200. The van der Waals surface area contributed by atoms with Gasteiger partial charge < -0.3 is 4.52 Å². The summed E-state index contributed by atoms with van der Waals surface area (Å²) in [6.07, 6.45) is 0.447. The lowest BCUT2D eigenvalue weighted by atomic mass is 10.3. The quantitative estimate of drug-likeness (QED) is 0.537.